The molecule has 104 valence electrons. The van der Waals surface area contributed by atoms with Crippen molar-refractivity contribution in [2.75, 3.05) is 37.6 Å². The number of rotatable bonds is 3. The van der Waals surface area contributed by atoms with Gasteiger partial charge in [0.1, 0.15) is 11.6 Å². The summed E-state index contributed by atoms with van der Waals surface area (Å²) in [6, 6.07) is 1.99. The predicted molar refractivity (Wildman–Crippen MR) is 72.4 cm³/mol. The van der Waals surface area contributed by atoms with Gasteiger partial charge in [0.25, 0.3) is 0 Å². The van der Waals surface area contributed by atoms with E-state index in [1.807, 2.05) is 24.8 Å². The van der Waals surface area contributed by atoms with Gasteiger partial charge in [0, 0.05) is 37.9 Å². The minimum absolute atomic E-state index is 0.121. The number of hydrogen-bond acceptors (Lipinski definition) is 5. The van der Waals surface area contributed by atoms with Gasteiger partial charge in [-0.05, 0) is 20.3 Å². The molecule has 0 unspecified atom stereocenters. The summed E-state index contributed by atoms with van der Waals surface area (Å²) < 4.78 is 0. The zero-order chi connectivity index (χ0) is 13.8. The second-order valence-electron chi connectivity index (χ2n) is 4.93. The molecule has 1 aliphatic rings. The standard InChI is InChI=1S/C13H20N4O2/c1-10-8-12(15-11(2)14-10)17-5-3-4-16(6-7-17)9-13(18)19/h8H,3-7,9H2,1-2H3,(H,18,19). The van der Waals surface area contributed by atoms with Crippen molar-refractivity contribution in [2.45, 2.75) is 20.3 Å². The van der Waals surface area contributed by atoms with Crippen LogP contribution in [0.2, 0.25) is 0 Å². The molecular weight excluding hydrogens is 244 g/mol. The highest BCUT2D eigenvalue weighted by Crippen LogP contribution is 2.15. The number of aliphatic carboxylic acids is 1. The van der Waals surface area contributed by atoms with Crippen molar-refractivity contribution in [3.8, 4) is 0 Å². The highest BCUT2D eigenvalue weighted by molar-refractivity contribution is 5.69. The lowest BCUT2D eigenvalue weighted by molar-refractivity contribution is -0.138. The van der Waals surface area contributed by atoms with Crippen molar-refractivity contribution in [1.29, 1.82) is 0 Å². The number of carbonyl (C=O) groups is 1. The van der Waals surface area contributed by atoms with Crippen molar-refractivity contribution >= 4 is 11.8 Å². The molecule has 0 aromatic carbocycles. The Labute approximate surface area is 113 Å². The van der Waals surface area contributed by atoms with Crippen molar-refractivity contribution < 1.29 is 9.90 Å². The highest BCUT2D eigenvalue weighted by atomic mass is 16.4. The van der Waals surface area contributed by atoms with Gasteiger partial charge in [-0.2, -0.15) is 0 Å². The van der Waals surface area contributed by atoms with Crippen LogP contribution in [-0.2, 0) is 4.79 Å². The van der Waals surface area contributed by atoms with Gasteiger partial charge in [0.15, 0.2) is 0 Å². The SMILES string of the molecule is Cc1cc(N2CCCN(CC(=O)O)CC2)nc(C)n1. The maximum atomic E-state index is 10.7. The topological polar surface area (TPSA) is 69.6 Å². The van der Waals surface area contributed by atoms with Crippen LogP contribution in [0.15, 0.2) is 6.07 Å². The van der Waals surface area contributed by atoms with Gasteiger partial charge in [-0.3, -0.25) is 9.69 Å². The van der Waals surface area contributed by atoms with Crippen LogP contribution >= 0.6 is 0 Å². The van der Waals surface area contributed by atoms with Gasteiger partial charge < -0.3 is 10.0 Å². The smallest absolute Gasteiger partial charge is 0.317 e. The zero-order valence-electron chi connectivity index (χ0n) is 11.5. The van der Waals surface area contributed by atoms with Crippen LogP contribution < -0.4 is 4.90 Å². The molecule has 1 fully saturated rings. The number of nitrogens with zero attached hydrogens (tertiary/aromatic N) is 4. The van der Waals surface area contributed by atoms with Gasteiger partial charge in [0.05, 0.1) is 6.54 Å². The summed E-state index contributed by atoms with van der Waals surface area (Å²) in [5, 5.41) is 8.84. The molecule has 2 rings (SSSR count). The van der Waals surface area contributed by atoms with Crippen molar-refractivity contribution in [3.63, 3.8) is 0 Å². The van der Waals surface area contributed by atoms with Gasteiger partial charge >= 0.3 is 5.97 Å². The molecule has 0 aliphatic carbocycles. The summed E-state index contributed by atoms with van der Waals surface area (Å²) in [6.07, 6.45) is 0.954. The maximum absolute atomic E-state index is 10.7. The van der Waals surface area contributed by atoms with E-state index in [1.54, 1.807) is 0 Å². The second-order valence-corrected chi connectivity index (χ2v) is 4.93. The van der Waals surface area contributed by atoms with Crippen LogP contribution in [-0.4, -0.2) is 58.7 Å². The zero-order valence-corrected chi connectivity index (χ0v) is 11.5. The molecule has 1 aliphatic heterocycles. The van der Waals surface area contributed by atoms with Crippen molar-refractivity contribution in [3.05, 3.63) is 17.6 Å². The molecule has 6 nitrogen and oxygen atoms in total. The quantitative estimate of drug-likeness (QED) is 0.866. The largest absolute Gasteiger partial charge is 0.480 e. The molecule has 0 saturated carbocycles. The van der Waals surface area contributed by atoms with E-state index in [2.05, 4.69) is 14.9 Å². The number of anilines is 1. The monoisotopic (exact) mass is 264 g/mol. The van der Waals surface area contributed by atoms with Crippen LogP contribution in [0.3, 0.4) is 0 Å². The third-order valence-corrected chi connectivity index (χ3v) is 3.22. The predicted octanol–water partition coefficient (Wildman–Crippen LogP) is 0.690. The van der Waals surface area contributed by atoms with Crippen LogP contribution in [0.25, 0.3) is 0 Å². The number of carboxylic acid groups (broad SMARTS) is 1. The number of carboxylic acids is 1. The summed E-state index contributed by atoms with van der Waals surface area (Å²) in [5.74, 6) is 0.964. The van der Waals surface area contributed by atoms with Crippen LogP contribution in [0, 0.1) is 13.8 Å². The number of aromatic nitrogens is 2. The Morgan fingerprint density at radius 1 is 1.26 bits per heavy atom. The molecule has 1 N–H and O–H groups in total. The Morgan fingerprint density at radius 2 is 2.05 bits per heavy atom. The van der Waals surface area contributed by atoms with Gasteiger partial charge in [-0.15, -0.1) is 0 Å². The maximum Gasteiger partial charge on any atom is 0.317 e. The minimum atomic E-state index is -0.762. The van der Waals surface area contributed by atoms with Crippen molar-refractivity contribution in [2.24, 2.45) is 0 Å². The van der Waals surface area contributed by atoms with E-state index in [4.69, 9.17) is 5.11 Å². The van der Waals surface area contributed by atoms with E-state index >= 15 is 0 Å². The molecular formula is C13H20N4O2. The average molecular weight is 264 g/mol. The van der Waals surface area contributed by atoms with E-state index in [-0.39, 0.29) is 6.54 Å². The van der Waals surface area contributed by atoms with Crippen LogP contribution in [0.5, 0.6) is 0 Å². The molecule has 0 amide bonds. The molecule has 19 heavy (non-hydrogen) atoms. The Hall–Kier alpha value is -1.69. The van der Waals surface area contributed by atoms with Gasteiger partial charge in [-0.1, -0.05) is 0 Å². The molecule has 1 aromatic heterocycles. The summed E-state index contributed by atoms with van der Waals surface area (Å²) in [4.78, 5) is 23.7. The lowest BCUT2D eigenvalue weighted by atomic mass is 10.3. The second kappa shape index (κ2) is 5.97. The first-order chi connectivity index (χ1) is 9.04. The van der Waals surface area contributed by atoms with E-state index in [9.17, 15) is 4.79 Å². The first-order valence-corrected chi connectivity index (χ1v) is 6.56. The van der Waals surface area contributed by atoms with E-state index in [1.165, 1.54) is 0 Å². The fourth-order valence-electron chi connectivity index (χ4n) is 2.41. The Kier molecular flexibility index (Phi) is 4.31. The van der Waals surface area contributed by atoms with Crippen molar-refractivity contribution in [1.82, 2.24) is 14.9 Å². The molecule has 2 heterocycles. The van der Waals surface area contributed by atoms with Crippen LogP contribution in [0.1, 0.15) is 17.9 Å². The lowest BCUT2D eigenvalue weighted by Gasteiger charge is -2.22. The summed E-state index contributed by atoms with van der Waals surface area (Å²) in [5.41, 5.74) is 0.967. The molecule has 0 bridgehead atoms. The average Bonchev–Trinajstić information content (AvgIpc) is 2.52. The van der Waals surface area contributed by atoms with Gasteiger partial charge in [0.2, 0.25) is 0 Å². The molecule has 0 atom stereocenters. The molecule has 6 heteroatoms. The number of hydrogen-bond donors (Lipinski definition) is 1. The Balaban J connectivity index is 2.04. The highest BCUT2D eigenvalue weighted by Gasteiger charge is 2.18. The first kappa shape index (κ1) is 13.7. The van der Waals surface area contributed by atoms with Crippen LogP contribution in [0.4, 0.5) is 5.82 Å². The third-order valence-electron chi connectivity index (χ3n) is 3.22. The molecule has 0 radical (unpaired) electrons. The third kappa shape index (κ3) is 3.89. The Bertz CT molecular complexity index is 444. The number of aryl methyl sites for hydroxylation is 2. The van der Waals surface area contributed by atoms with E-state index < -0.39 is 5.97 Å². The first-order valence-electron chi connectivity index (χ1n) is 6.56. The summed E-state index contributed by atoms with van der Waals surface area (Å²) >= 11 is 0. The normalized spacial score (nSPS) is 17.3. The molecule has 1 saturated heterocycles. The fraction of sp³-hybridized carbons (Fsp3) is 0.615. The summed E-state index contributed by atoms with van der Waals surface area (Å²) in [6.45, 7) is 7.28. The Morgan fingerprint density at radius 3 is 2.74 bits per heavy atom. The van der Waals surface area contributed by atoms with Gasteiger partial charge in [-0.25, -0.2) is 9.97 Å². The molecule has 1 aromatic rings. The fourth-order valence-corrected chi connectivity index (χ4v) is 2.41. The summed E-state index contributed by atoms with van der Waals surface area (Å²) in [7, 11) is 0. The van der Waals surface area contributed by atoms with E-state index in [0.717, 1.165) is 49.9 Å². The lowest BCUT2D eigenvalue weighted by Crippen LogP contribution is -2.34. The minimum Gasteiger partial charge on any atom is -0.480 e. The van der Waals surface area contributed by atoms with E-state index in [0.29, 0.717) is 0 Å². The molecule has 0 spiro atoms.